The molecule has 0 saturated carbocycles. The standard InChI is InChI=1S/C13H22N2O2.C11H14N2O3.C6H12N2O2/c1-4-12(8-6-5-7-11(2)16)9-13(17)15-10-14-3;1-7(14)8-3-9(5-10(15)4-8)11(16)13-6-12-2;1-5(9)3-6(10)8-4-7-2/h4-6,12,14H,1,7-10H2,2-3H3,(H,15,17);3-5,12,15H,6H2,1-2H3,(H,13,16);7H,3-4H2,1-2H3,(H,8,10). The van der Waals surface area contributed by atoms with Crippen molar-refractivity contribution >= 4 is 35.1 Å². The summed E-state index contributed by atoms with van der Waals surface area (Å²) in [6.07, 6.45) is 7.14. The smallest absolute Gasteiger partial charge is 0.252 e. The molecule has 0 heterocycles. The van der Waals surface area contributed by atoms with Gasteiger partial charge in [-0.05, 0) is 72.5 Å². The molecular weight excluding hydrogens is 556 g/mol. The molecule has 1 unspecified atom stereocenters. The molecule has 3 amide bonds. The molecule has 240 valence electrons. The normalized spacial score (nSPS) is 10.7. The van der Waals surface area contributed by atoms with Crippen molar-refractivity contribution in [2.24, 2.45) is 5.92 Å². The molecule has 13 heteroatoms. The van der Waals surface area contributed by atoms with Crippen LogP contribution in [-0.2, 0) is 19.2 Å². The second-order valence-electron chi connectivity index (χ2n) is 9.31. The third-order valence-corrected chi connectivity index (χ3v) is 5.14. The third-order valence-electron chi connectivity index (χ3n) is 5.14. The maximum absolute atomic E-state index is 11.6. The van der Waals surface area contributed by atoms with Crippen LogP contribution in [0.4, 0.5) is 0 Å². The Labute approximate surface area is 254 Å². The van der Waals surface area contributed by atoms with Crippen molar-refractivity contribution in [1.82, 2.24) is 31.9 Å². The minimum Gasteiger partial charge on any atom is -0.508 e. The first-order valence-corrected chi connectivity index (χ1v) is 13.7. The molecule has 1 aromatic rings. The van der Waals surface area contributed by atoms with Crippen LogP contribution in [0.15, 0.2) is 43.0 Å². The van der Waals surface area contributed by atoms with Crippen LogP contribution < -0.4 is 31.9 Å². The summed E-state index contributed by atoms with van der Waals surface area (Å²) in [6, 6.07) is 4.10. The number of Topliss-reactive ketones (excluding diaryl/α,β-unsaturated/α-hetero) is 3. The van der Waals surface area contributed by atoms with Crippen molar-refractivity contribution in [1.29, 1.82) is 0 Å². The molecule has 0 aliphatic carbocycles. The highest BCUT2D eigenvalue weighted by Gasteiger charge is 2.10. The number of phenolic OH excluding ortho intramolecular Hbond substituents is 1. The number of aromatic hydroxyl groups is 1. The zero-order chi connectivity index (χ0) is 33.2. The number of nitrogens with one attached hydrogen (secondary N) is 6. The van der Waals surface area contributed by atoms with E-state index in [2.05, 4.69) is 38.5 Å². The Bertz CT molecular complexity index is 1090. The van der Waals surface area contributed by atoms with E-state index in [4.69, 9.17) is 0 Å². The van der Waals surface area contributed by atoms with E-state index in [1.54, 1.807) is 34.1 Å². The van der Waals surface area contributed by atoms with Crippen molar-refractivity contribution in [3.05, 3.63) is 54.1 Å². The van der Waals surface area contributed by atoms with E-state index in [9.17, 15) is 33.9 Å². The molecule has 0 aliphatic rings. The minimum absolute atomic E-state index is 0.00391. The number of hydrogen-bond donors (Lipinski definition) is 7. The first-order chi connectivity index (χ1) is 20.3. The largest absolute Gasteiger partial charge is 0.508 e. The van der Waals surface area contributed by atoms with Crippen LogP contribution in [0.1, 0.15) is 67.2 Å². The Balaban J connectivity index is 0. The van der Waals surface area contributed by atoms with Crippen LogP contribution in [-0.4, -0.2) is 81.3 Å². The predicted molar refractivity (Wildman–Crippen MR) is 166 cm³/mol. The highest BCUT2D eigenvalue weighted by atomic mass is 16.3. The molecule has 0 radical (unpaired) electrons. The number of benzene rings is 1. The van der Waals surface area contributed by atoms with Gasteiger partial charge in [-0.15, -0.1) is 6.58 Å². The highest BCUT2D eigenvalue weighted by Crippen LogP contribution is 2.16. The van der Waals surface area contributed by atoms with Gasteiger partial charge in [0.05, 0.1) is 26.4 Å². The zero-order valence-electron chi connectivity index (χ0n) is 26.1. The Morgan fingerprint density at radius 1 is 0.767 bits per heavy atom. The van der Waals surface area contributed by atoms with Crippen molar-refractivity contribution in [2.45, 2.75) is 46.5 Å². The SMILES string of the molecule is C=CC(CC=CCC(C)=O)CC(=O)NCNC.CNCNC(=O)CC(C)=O.CNCNC(=O)c1cc(O)cc(C(C)=O)c1. The number of carbonyl (C=O) groups is 6. The average molecular weight is 605 g/mol. The van der Waals surface area contributed by atoms with Gasteiger partial charge in [0, 0.05) is 24.0 Å². The lowest BCUT2D eigenvalue weighted by molar-refractivity contribution is -0.127. The van der Waals surface area contributed by atoms with Gasteiger partial charge in [-0.1, -0.05) is 18.2 Å². The Morgan fingerprint density at radius 3 is 1.79 bits per heavy atom. The maximum Gasteiger partial charge on any atom is 0.252 e. The fourth-order valence-corrected chi connectivity index (χ4v) is 2.97. The van der Waals surface area contributed by atoms with Gasteiger partial charge in [-0.2, -0.15) is 0 Å². The molecule has 0 saturated heterocycles. The average Bonchev–Trinajstić information content (AvgIpc) is 2.95. The molecule has 0 aliphatic heterocycles. The van der Waals surface area contributed by atoms with Gasteiger partial charge in [-0.3, -0.25) is 28.8 Å². The first-order valence-electron chi connectivity index (χ1n) is 13.7. The van der Waals surface area contributed by atoms with E-state index < -0.39 is 0 Å². The lowest BCUT2D eigenvalue weighted by Gasteiger charge is -2.10. The number of carbonyl (C=O) groups excluding carboxylic acids is 6. The molecule has 1 aromatic carbocycles. The summed E-state index contributed by atoms with van der Waals surface area (Å²) < 4.78 is 0. The molecule has 1 atom stereocenters. The Hall–Kier alpha value is -4.20. The zero-order valence-corrected chi connectivity index (χ0v) is 26.1. The van der Waals surface area contributed by atoms with Gasteiger partial charge < -0.3 is 37.0 Å². The number of rotatable bonds is 17. The second kappa shape index (κ2) is 25.5. The molecule has 0 fully saturated rings. The van der Waals surface area contributed by atoms with Gasteiger partial charge in [0.1, 0.15) is 17.3 Å². The molecule has 0 spiro atoms. The van der Waals surface area contributed by atoms with Gasteiger partial charge in [-0.25, -0.2) is 0 Å². The van der Waals surface area contributed by atoms with Crippen molar-refractivity contribution in [2.75, 3.05) is 41.1 Å². The van der Waals surface area contributed by atoms with Crippen LogP contribution in [0.3, 0.4) is 0 Å². The van der Waals surface area contributed by atoms with E-state index in [1.165, 1.54) is 32.0 Å². The molecule has 0 aromatic heterocycles. The van der Waals surface area contributed by atoms with Crippen molar-refractivity contribution in [3.63, 3.8) is 0 Å². The topological polar surface area (TPSA) is 195 Å². The van der Waals surface area contributed by atoms with E-state index in [0.717, 1.165) is 6.42 Å². The van der Waals surface area contributed by atoms with E-state index >= 15 is 0 Å². The van der Waals surface area contributed by atoms with Crippen molar-refractivity contribution < 1.29 is 33.9 Å². The lowest BCUT2D eigenvalue weighted by atomic mass is 10.0. The Kier molecular flexibility index (Phi) is 24.3. The number of phenols is 1. The Morgan fingerprint density at radius 2 is 1.30 bits per heavy atom. The summed E-state index contributed by atoms with van der Waals surface area (Å²) in [7, 11) is 5.19. The first kappa shape index (κ1) is 40.9. The fourth-order valence-electron chi connectivity index (χ4n) is 2.97. The summed E-state index contributed by atoms with van der Waals surface area (Å²) in [4.78, 5) is 65.8. The summed E-state index contributed by atoms with van der Waals surface area (Å²) >= 11 is 0. The maximum atomic E-state index is 11.6. The summed E-state index contributed by atoms with van der Waals surface area (Å²) in [5.74, 6) is -0.716. The number of ketones is 3. The number of hydrogen-bond acceptors (Lipinski definition) is 10. The second-order valence-corrected chi connectivity index (χ2v) is 9.31. The highest BCUT2D eigenvalue weighted by molar-refractivity contribution is 6.00. The summed E-state index contributed by atoms with van der Waals surface area (Å²) in [6.45, 7) is 9.24. The van der Waals surface area contributed by atoms with Crippen LogP contribution in [0.25, 0.3) is 0 Å². The van der Waals surface area contributed by atoms with E-state index in [0.29, 0.717) is 38.4 Å². The van der Waals surface area contributed by atoms with Gasteiger partial charge in [0.2, 0.25) is 11.8 Å². The quantitative estimate of drug-likeness (QED) is 0.0587. The van der Waals surface area contributed by atoms with Crippen molar-refractivity contribution in [3.8, 4) is 5.75 Å². The summed E-state index contributed by atoms with van der Waals surface area (Å²) in [5.41, 5.74) is 0.579. The predicted octanol–water partition coefficient (Wildman–Crippen LogP) is 1.16. The number of amides is 3. The monoisotopic (exact) mass is 604 g/mol. The van der Waals surface area contributed by atoms with Gasteiger partial charge in [0.25, 0.3) is 5.91 Å². The third kappa shape index (κ3) is 24.1. The van der Waals surface area contributed by atoms with Crippen LogP contribution in [0.5, 0.6) is 5.75 Å². The van der Waals surface area contributed by atoms with Crippen LogP contribution in [0.2, 0.25) is 0 Å². The molecule has 7 N–H and O–H groups in total. The molecule has 1 rings (SSSR count). The van der Waals surface area contributed by atoms with Gasteiger partial charge in [0.15, 0.2) is 5.78 Å². The molecule has 13 nitrogen and oxygen atoms in total. The molecular formula is C30H48N6O7. The lowest BCUT2D eigenvalue weighted by Crippen LogP contribution is -2.32. The van der Waals surface area contributed by atoms with E-state index in [1.807, 2.05) is 12.2 Å². The summed E-state index contributed by atoms with van der Waals surface area (Å²) in [5, 5.41) is 25.5. The fraction of sp³-hybridized carbons (Fsp3) is 0.467. The molecule has 0 bridgehead atoms. The minimum atomic E-state index is -0.340. The number of allylic oxidation sites excluding steroid dienone is 3. The van der Waals surface area contributed by atoms with E-state index in [-0.39, 0.29) is 58.7 Å². The van der Waals surface area contributed by atoms with Crippen LogP contribution >= 0.6 is 0 Å². The van der Waals surface area contributed by atoms with Crippen LogP contribution in [0, 0.1) is 5.92 Å². The van der Waals surface area contributed by atoms with Gasteiger partial charge >= 0.3 is 0 Å². The molecule has 43 heavy (non-hydrogen) atoms.